The molecule has 5 nitrogen and oxygen atoms in total. The van der Waals surface area contributed by atoms with Crippen LogP contribution in [0.4, 0.5) is 0 Å². The molecule has 2 aromatic carbocycles. The second-order valence-electron chi connectivity index (χ2n) is 6.69. The highest BCUT2D eigenvalue weighted by molar-refractivity contribution is 5.69. The van der Waals surface area contributed by atoms with Gasteiger partial charge in [-0.1, -0.05) is 54.6 Å². The number of aldehydes is 1. The van der Waals surface area contributed by atoms with Crippen molar-refractivity contribution in [1.29, 1.82) is 0 Å². The number of hydrogen-bond acceptors (Lipinski definition) is 4. The first-order valence-electron chi connectivity index (χ1n) is 8.69. The molecule has 3 rings (SSSR count). The smallest absolute Gasteiger partial charge is 0.303 e. The lowest BCUT2D eigenvalue weighted by Crippen LogP contribution is -2.27. The molecule has 1 aliphatic carbocycles. The predicted molar refractivity (Wildman–Crippen MR) is 96.4 cm³/mol. The molecular formula is C21H22O5. The summed E-state index contributed by atoms with van der Waals surface area (Å²) in [5, 5.41) is 19.0. The van der Waals surface area contributed by atoms with Gasteiger partial charge in [-0.3, -0.25) is 4.79 Å². The number of ether oxygens (including phenoxy) is 1. The van der Waals surface area contributed by atoms with Crippen molar-refractivity contribution in [2.45, 2.75) is 31.7 Å². The van der Waals surface area contributed by atoms with Crippen molar-refractivity contribution >= 4 is 12.3 Å². The standard InChI is InChI=1S/C21H22O5/c22-12-18-17(10-21(24)25)19(23)11-20(18)26-13-14-6-8-16(9-7-14)15-4-2-1-3-5-15/h1-9,12,17-20,23H,10-11,13H2,(H,24,25)/t17-,18-,19+,20-/m1/s1. The third kappa shape index (κ3) is 4.18. The van der Waals surface area contributed by atoms with Crippen LogP contribution in [0.25, 0.3) is 11.1 Å². The van der Waals surface area contributed by atoms with E-state index in [1.54, 1.807) is 0 Å². The minimum absolute atomic E-state index is 0.226. The fourth-order valence-corrected chi connectivity index (χ4v) is 3.57. The average molecular weight is 354 g/mol. The molecule has 0 aromatic heterocycles. The molecule has 0 unspecified atom stereocenters. The Morgan fingerprint density at radius 1 is 1.08 bits per heavy atom. The van der Waals surface area contributed by atoms with E-state index >= 15 is 0 Å². The van der Waals surface area contributed by atoms with E-state index in [0.29, 0.717) is 12.9 Å². The molecule has 0 aliphatic heterocycles. The molecule has 0 spiro atoms. The molecule has 1 aliphatic rings. The molecule has 1 saturated carbocycles. The summed E-state index contributed by atoms with van der Waals surface area (Å²) in [5.74, 6) is -2.20. The maximum Gasteiger partial charge on any atom is 0.303 e. The summed E-state index contributed by atoms with van der Waals surface area (Å²) in [4.78, 5) is 22.3. The Bertz CT molecular complexity index is 741. The fourth-order valence-electron chi connectivity index (χ4n) is 3.57. The molecule has 0 radical (unpaired) electrons. The summed E-state index contributed by atoms with van der Waals surface area (Å²) in [6.45, 7) is 0.316. The van der Waals surface area contributed by atoms with Crippen molar-refractivity contribution in [3.05, 3.63) is 60.2 Å². The Morgan fingerprint density at radius 3 is 2.35 bits per heavy atom. The third-order valence-electron chi connectivity index (χ3n) is 4.98. The van der Waals surface area contributed by atoms with Crippen LogP contribution in [0.2, 0.25) is 0 Å². The number of carbonyl (C=O) groups is 2. The van der Waals surface area contributed by atoms with Crippen LogP contribution < -0.4 is 0 Å². The molecule has 0 bridgehead atoms. The van der Waals surface area contributed by atoms with Crippen molar-refractivity contribution in [3.8, 4) is 11.1 Å². The van der Waals surface area contributed by atoms with Crippen LogP contribution in [0.3, 0.4) is 0 Å². The SMILES string of the molecule is O=C[C@@H]1[C@@H](CC(=O)O)[C@@H](O)C[C@H]1OCc1ccc(-c2ccccc2)cc1. The molecular weight excluding hydrogens is 332 g/mol. The van der Waals surface area contributed by atoms with Gasteiger partial charge in [0.2, 0.25) is 0 Å². The zero-order chi connectivity index (χ0) is 18.5. The number of aliphatic hydroxyl groups excluding tert-OH is 1. The van der Waals surface area contributed by atoms with E-state index in [1.165, 1.54) is 0 Å². The lowest BCUT2D eigenvalue weighted by molar-refractivity contribution is -0.139. The summed E-state index contributed by atoms with van der Waals surface area (Å²) in [5.41, 5.74) is 3.21. The van der Waals surface area contributed by atoms with Crippen LogP contribution in [0.1, 0.15) is 18.4 Å². The number of hydrogen-bond donors (Lipinski definition) is 2. The monoisotopic (exact) mass is 354 g/mol. The average Bonchev–Trinajstić information content (AvgIpc) is 2.95. The molecule has 0 amide bonds. The van der Waals surface area contributed by atoms with Crippen molar-refractivity contribution < 1.29 is 24.5 Å². The normalized spacial score (nSPS) is 25.1. The summed E-state index contributed by atoms with van der Waals surface area (Å²) < 4.78 is 5.84. The molecule has 5 heteroatoms. The van der Waals surface area contributed by atoms with E-state index < -0.39 is 30.0 Å². The number of carbonyl (C=O) groups excluding carboxylic acids is 1. The van der Waals surface area contributed by atoms with E-state index in [0.717, 1.165) is 16.7 Å². The van der Waals surface area contributed by atoms with Gasteiger partial charge in [0.05, 0.1) is 25.2 Å². The van der Waals surface area contributed by atoms with Gasteiger partial charge in [0.15, 0.2) is 0 Å². The highest BCUT2D eigenvalue weighted by Crippen LogP contribution is 2.36. The Kier molecular flexibility index (Phi) is 5.81. The molecule has 2 N–H and O–H groups in total. The summed E-state index contributed by atoms with van der Waals surface area (Å²) in [6.07, 6.45) is -0.514. The van der Waals surface area contributed by atoms with Crippen LogP contribution in [0.5, 0.6) is 0 Å². The maximum absolute atomic E-state index is 11.4. The van der Waals surface area contributed by atoms with Crippen molar-refractivity contribution in [1.82, 2.24) is 0 Å². The van der Waals surface area contributed by atoms with Crippen LogP contribution in [0.15, 0.2) is 54.6 Å². The Labute approximate surface area is 152 Å². The molecule has 0 saturated heterocycles. The lowest BCUT2D eigenvalue weighted by Gasteiger charge is -2.19. The van der Waals surface area contributed by atoms with Gasteiger partial charge in [0.25, 0.3) is 0 Å². The Hall–Kier alpha value is -2.50. The van der Waals surface area contributed by atoms with E-state index in [2.05, 4.69) is 0 Å². The van der Waals surface area contributed by atoms with E-state index in [-0.39, 0.29) is 12.8 Å². The molecule has 2 aromatic rings. The van der Waals surface area contributed by atoms with Crippen LogP contribution >= 0.6 is 0 Å². The predicted octanol–water partition coefficient (Wildman–Crippen LogP) is 2.91. The first kappa shape index (κ1) is 18.3. The molecule has 26 heavy (non-hydrogen) atoms. The van der Waals surface area contributed by atoms with Gasteiger partial charge in [0, 0.05) is 18.3 Å². The summed E-state index contributed by atoms with van der Waals surface area (Å²) >= 11 is 0. The number of carboxylic acid groups (broad SMARTS) is 1. The van der Waals surface area contributed by atoms with Crippen LogP contribution in [-0.4, -0.2) is 34.7 Å². The van der Waals surface area contributed by atoms with Gasteiger partial charge >= 0.3 is 5.97 Å². The second-order valence-corrected chi connectivity index (χ2v) is 6.69. The topological polar surface area (TPSA) is 83.8 Å². The van der Waals surface area contributed by atoms with Gasteiger partial charge in [-0.15, -0.1) is 0 Å². The summed E-state index contributed by atoms with van der Waals surface area (Å²) in [6, 6.07) is 18.0. The Balaban J connectivity index is 1.61. The first-order valence-corrected chi connectivity index (χ1v) is 8.69. The number of aliphatic hydroxyl groups is 1. The van der Waals surface area contributed by atoms with E-state index in [1.807, 2.05) is 54.6 Å². The van der Waals surface area contributed by atoms with Gasteiger partial charge in [-0.25, -0.2) is 0 Å². The number of aliphatic carboxylic acids is 1. The third-order valence-corrected chi connectivity index (χ3v) is 4.98. The van der Waals surface area contributed by atoms with Crippen LogP contribution in [-0.2, 0) is 20.9 Å². The minimum atomic E-state index is -1.02. The lowest BCUT2D eigenvalue weighted by atomic mass is 9.92. The van der Waals surface area contributed by atoms with Crippen molar-refractivity contribution in [2.75, 3.05) is 0 Å². The second kappa shape index (κ2) is 8.25. The largest absolute Gasteiger partial charge is 0.481 e. The maximum atomic E-state index is 11.4. The summed E-state index contributed by atoms with van der Waals surface area (Å²) in [7, 11) is 0. The first-order chi connectivity index (χ1) is 12.6. The fraction of sp³-hybridized carbons (Fsp3) is 0.333. The molecule has 1 fully saturated rings. The highest BCUT2D eigenvalue weighted by atomic mass is 16.5. The zero-order valence-electron chi connectivity index (χ0n) is 14.3. The van der Waals surface area contributed by atoms with E-state index in [4.69, 9.17) is 9.84 Å². The Morgan fingerprint density at radius 2 is 1.73 bits per heavy atom. The number of benzene rings is 2. The van der Waals surface area contributed by atoms with Gasteiger partial charge < -0.3 is 19.7 Å². The van der Waals surface area contributed by atoms with Crippen LogP contribution in [0, 0.1) is 11.8 Å². The molecule has 136 valence electrons. The molecule has 0 heterocycles. The van der Waals surface area contributed by atoms with Gasteiger partial charge in [-0.05, 0) is 16.7 Å². The molecule has 4 atom stereocenters. The van der Waals surface area contributed by atoms with Crippen molar-refractivity contribution in [2.24, 2.45) is 11.8 Å². The highest BCUT2D eigenvalue weighted by Gasteiger charge is 2.44. The number of carboxylic acids is 1. The van der Waals surface area contributed by atoms with Crippen molar-refractivity contribution in [3.63, 3.8) is 0 Å². The van der Waals surface area contributed by atoms with E-state index in [9.17, 15) is 14.7 Å². The van der Waals surface area contributed by atoms with Gasteiger partial charge in [0.1, 0.15) is 6.29 Å². The zero-order valence-corrected chi connectivity index (χ0v) is 14.3. The quantitative estimate of drug-likeness (QED) is 0.747. The van der Waals surface area contributed by atoms with Gasteiger partial charge in [-0.2, -0.15) is 0 Å². The minimum Gasteiger partial charge on any atom is -0.481 e. The number of rotatable bonds is 7.